The van der Waals surface area contributed by atoms with E-state index in [2.05, 4.69) is 4.99 Å². The Morgan fingerprint density at radius 2 is 2.14 bits per heavy atom. The number of hydrogen-bond acceptors (Lipinski definition) is 4. The average Bonchev–Trinajstić information content (AvgIpc) is 2.55. The van der Waals surface area contributed by atoms with Gasteiger partial charge in [-0.05, 0) is 36.5 Å². The zero-order valence-electron chi connectivity index (χ0n) is 12.8. The number of hydrogen-bond donors (Lipinski definition) is 2. The summed E-state index contributed by atoms with van der Waals surface area (Å²) in [6.07, 6.45) is 5.78. The van der Waals surface area contributed by atoms with Crippen LogP contribution in [0.25, 0.3) is 0 Å². The molecule has 0 radical (unpaired) electrons. The van der Waals surface area contributed by atoms with Crippen LogP contribution in [0.1, 0.15) is 43.8 Å². The van der Waals surface area contributed by atoms with Crippen molar-refractivity contribution < 1.29 is 9.84 Å². The number of rotatable bonds is 6. The maximum absolute atomic E-state index is 10.3. The monoisotopic (exact) mass is 290 g/mol. The Morgan fingerprint density at radius 1 is 1.38 bits per heavy atom. The maximum Gasteiger partial charge on any atom is 0.119 e. The van der Waals surface area contributed by atoms with Crippen molar-refractivity contribution in [1.82, 2.24) is 0 Å². The van der Waals surface area contributed by atoms with E-state index >= 15 is 0 Å². The fourth-order valence-corrected chi connectivity index (χ4v) is 2.86. The van der Waals surface area contributed by atoms with E-state index in [9.17, 15) is 5.11 Å². The van der Waals surface area contributed by atoms with Gasteiger partial charge in [-0.15, -0.1) is 0 Å². The quantitative estimate of drug-likeness (QED) is 0.792. The third-order valence-corrected chi connectivity index (χ3v) is 4.20. The van der Waals surface area contributed by atoms with E-state index < -0.39 is 6.10 Å². The minimum Gasteiger partial charge on any atom is -0.493 e. The van der Waals surface area contributed by atoms with E-state index in [1.54, 1.807) is 7.05 Å². The van der Waals surface area contributed by atoms with Crippen LogP contribution < -0.4 is 10.5 Å². The van der Waals surface area contributed by atoms with E-state index in [4.69, 9.17) is 10.5 Å². The zero-order valence-corrected chi connectivity index (χ0v) is 12.8. The van der Waals surface area contributed by atoms with Crippen molar-refractivity contribution in [1.29, 1.82) is 0 Å². The molecule has 1 aliphatic rings. The Morgan fingerprint density at radius 3 is 2.81 bits per heavy atom. The van der Waals surface area contributed by atoms with Crippen LogP contribution in [0.5, 0.6) is 5.75 Å². The Labute approximate surface area is 127 Å². The van der Waals surface area contributed by atoms with E-state index in [0.29, 0.717) is 11.6 Å². The average molecular weight is 290 g/mol. The summed E-state index contributed by atoms with van der Waals surface area (Å²) in [5.74, 6) is 1.48. The van der Waals surface area contributed by atoms with Crippen LogP contribution >= 0.6 is 0 Å². The second kappa shape index (κ2) is 8.15. The highest BCUT2D eigenvalue weighted by molar-refractivity contribution is 5.91. The molecule has 0 saturated heterocycles. The van der Waals surface area contributed by atoms with Gasteiger partial charge in [0.15, 0.2) is 0 Å². The van der Waals surface area contributed by atoms with Gasteiger partial charge in [-0.2, -0.15) is 0 Å². The first-order valence-electron chi connectivity index (χ1n) is 7.81. The van der Waals surface area contributed by atoms with E-state index in [0.717, 1.165) is 17.9 Å². The van der Waals surface area contributed by atoms with Gasteiger partial charge >= 0.3 is 0 Å². The lowest BCUT2D eigenvalue weighted by Crippen LogP contribution is -2.22. The maximum atomic E-state index is 10.3. The Hall–Kier alpha value is -1.39. The predicted molar refractivity (Wildman–Crippen MR) is 85.9 cm³/mol. The van der Waals surface area contributed by atoms with E-state index in [1.807, 2.05) is 24.3 Å². The molecule has 0 spiro atoms. The van der Waals surface area contributed by atoms with Gasteiger partial charge in [0.05, 0.1) is 12.3 Å². The second-order valence-electron chi connectivity index (χ2n) is 5.71. The van der Waals surface area contributed by atoms with Crippen LogP contribution in [0.15, 0.2) is 29.3 Å². The van der Waals surface area contributed by atoms with E-state index in [-0.39, 0.29) is 6.54 Å². The molecule has 1 aliphatic carbocycles. The summed E-state index contributed by atoms with van der Waals surface area (Å²) in [4.78, 5) is 4.03. The fraction of sp³-hybridized carbons (Fsp3) is 0.588. The molecule has 4 nitrogen and oxygen atoms in total. The summed E-state index contributed by atoms with van der Waals surface area (Å²) in [6.45, 7) is 1.02. The molecular weight excluding hydrogens is 264 g/mol. The molecule has 0 aliphatic heterocycles. The second-order valence-corrected chi connectivity index (χ2v) is 5.71. The van der Waals surface area contributed by atoms with Crippen molar-refractivity contribution in [2.75, 3.05) is 20.2 Å². The number of benzene rings is 1. The lowest BCUT2D eigenvalue weighted by Gasteiger charge is -2.22. The highest BCUT2D eigenvalue weighted by Gasteiger charge is 2.16. The van der Waals surface area contributed by atoms with Crippen molar-refractivity contribution in [2.24, 2.45) is 16.6 Å². The lowest BCUT2D eigenvalue weighted by atomic mass is 9.90. The molecule has 2 rings (SSSR count). The molecular formula is C17H26N2O2. The van der Waals surface area contributed by atoms with Crippen molar-refractivity contribution in [3.05, 3.63) is 29.8 Å². The van der Waals surface area contributed by atoms with Crippen LogP contribution in [0, 0.1) is 5.92 Å². The summed E-state index contributed by atoms with van der Waals surface area (Å²) < 4.78 is 5.90. The molecule has 0 bridgehead atoms. The number of nitrogens with zero attached hydrogens (tertiary/aromatic N) is 1. The molecule has 21 heavy (non-hydrogen) atoms. The van der Waals surface area contributed by atoms with Crippen molar-refractivity contribution in [3.8, 4) is 5.75 Å². The molecule has 1 fully saturated rings. The Balaban J connectivity index is 1.96. The first-order valence-corrected chi connectivity index (χ1v) is 7.81. The highest BCUT2D eigenvalue weighted by atomic mass is 16.5. The smallest absolute Gasteiger partial charge is 0.119 e. The molecule has 0 aromatic heterocycles. The van der Waals surface area contributed by atoms with E-state index in [1.165, 1.54) is 32.1 Å². The summed E-state index contributed by atoms with van der Waals surface area (Å²) in [5, 5.41) is 10.3. The molecule has 1 saturated carbocycles. The van der Waals surface area contributed by atoms with Gasteiger partial charge < -0.3 is 15.6 Å². The van der Waals surface area contributed by atoms with Crippen molar-refractivity contribution >= 4 is 5.71 Å². The number of aliphatic imine (C=N–C) groups is 1. The van der Waals surface area contributed by atoms with Crippen LogP contribution in [0.3, 0.4) is 0 Å². The first kappa shape index (κ1) is 16.0. The molecule has 0 amide bonds. The highest BCUT2D eigenvalue weighted by Crippen LogP contribution is 2.26. The number of aliphatic hydroxyl groups excluding tert-OH is 1. The Kier molecular flexibility index (Phi) is 6.21. The molecule has 0 unspecified atom stereocenters. The summed E-state index contributed by atoms with van der Waals surface area (Å²) in [6, 6.07) is 7.59. The molecule has 0 heterocycles. The number of nitrogens with two attached hydrogens (primary N) is 1. The third-order valence-electron chi connectivity index (χ3n) is 4.20. The Bertz CT molecular complexity index is 468. The van der Waals surface area contributed by atoms with Crippen molar-refractivity contribution in [2.45, 2.75) is 38.2 Å². The molecule has 3 N–H and O–H groups in total. The first-order chi connectivity index (χ1) is 10.2. The molecule has 116 valence electrons. The third kappa shape index (κ3) is 4.55. The summed E-state index contributed by atoms with van der Waals surface area (Å²) in [7, 11) is 1.65. The summed E-state index contributed by atoms with van der Waals surface area (Å²) >= 11 is 0. The van der Waals surface area contributed by atoms with Gasteiger partial charge in [-0.3, -0.25) is 4.99 Å². The zero-order chi connectivity index (χ0) is 15.1. The topological polar surface area (TPSA) is 67.8 Å². The fourth-order valence-electron chi connectivity index (χ4n) is 2.86. The largest absolute Gasteiger partial charge is 0.493 e. The predicted octanol–water partition coefficient (Wildman–Crippen LogP) is 2.71. The van der Waals surface area contributed by atoms with Gasteiger partial charge in [0, 0.05) is 13.6 Å². The molecule has 1 aromatic rings. The lowest BCUT2D eigenvalue weighted by molar-refractivity contribution is 0.207. The van der Waals surface area contributed by atoms with Gasteiger partial charge in [0.25, 0.3) is 0 Å². The standard InChI is InChI=1S/C17H26N2O2/c1-19-16(11-18)17(20)14-8-5-9-15(10-14)21-12-13-6-3-2-4-7-13/h5,8-10,13,17,20H,2-4,6-7,11-12,18H2,1H3/t17-/m0/s1. The van der Waals surface area contributed by atoms with Crippen LogP contribution in [-0.4, -0.2) is 31.0 Å². The normalized spacial score (nSPS) is 18.5. The van der Waals surface area contributed by atoms with Gasteiger partial charge in [-0.25, -0.2) is 0 Å². The van der Waals surface area contributed by atoms with Crippen LogP contribution in [0.4, 0.5) is 0 Å². The molecule has 1 atom stereocenters. The van der Waals surface area contributed by atoms with Gasteiger partial charge in [0.1, 0.15) is 11.9 Å². The van der Waals surface area contributed by atoms with Crippen molar-refractivity contribution in [3.63, 3.8) is 0 Å². The van der Waals surface area contributed by atoms with Crippen LogP contribution in [0.2, 0.25) is 0 Å². The molecule has 1 aromatic carbocycles. The minimum atomic E-state index is -0.752. The minimum absolute atomic E-state index is 0.255. The SMILES string of the molecule is CN=C(CN)[C@@H](O)c1cccc(OCC2CCCCC2)c1. The van der Waals surface area contributed by atoms with Crippen LogP contribution in [-0.2, 0) is 0 Å². The summed E-state index contributed by atoms with van der Waals surface area (Å²) in [5.41, 5.74) is 6.96. The van der Waals surface area contributed by atoms with Gasteiger partial charge in [-0.1, -0.05) is 31.4 Å². The van der Waals surface area contributed by atoms with Gasteiger partial charge in [0.2, 0.25) is 0 Å². The number of aliphatic hydroxyl groups is 1. The number of ether oxygens (including phenoxy) is 1. The molecule has 4 heteroatoms.